The highest BCUT2D eigenvalue weighted by Gasteiger charge is 2.14. The largest absolute Gasteiger partial charge is 0.383 e. The van der Waals surface area contributed by atoms with E-state index in [4.69, 9.17) is 10.5 Å². The van der Waals surface area contributed by atoms with E-state index >= 15 is 0 Å². The molecular weight excluding hydrogens is 216 g/mol. The smallest absolute Gasteiger partial charge is 0.147 e. The lowest BCUT2D eigenvalue weighted by Gasteiger charge is -2.29. The van der Waals surface area contributed by atoms with Gasteiger partial charge in [0.15, 0.2) is 0 Å². The van der Waals surface area contributed by atoms with Gasteiger partial charge in [0.25, 0.3) is 0 Å². The first kappa shape index (κ1) is 13.9. The number of rotatable bonds is 7. The molecule has 0 fully saturated rings. The van der Waals surface area contributed by atoms with Gasteiger partial charge in [0.05, 0.1) is 18.5 Å². The summed E-state index contributed by atoms with van der Waals surface area (Å²) in [5.41, 5.74) is 6.40. The van der Waals surface area contributed by atoms with Gasteiger partial charge in [-0.2, -0.15) is 0 Å². The highest BCUT2D eigenvalue weighted by Crippen LogP contribution is 2.14. The third-order valence-corrected chi connectivity index (χ3v) is 2.83. The van der Waals surface area contributed by atoms with Crippen molar-refractivity contribution in [1.82, 2.24) is 9.97 Å². The maximum atomic E-state index is 5.58. The molecule has 1 aromatic heterocycles. The van der Waals surface area contributed by atoms with Crippen LogP contribution in [0.25, 0.3) is 0 Å². The molecule has 1 aromatic rings. The zero-order chi connectivity index (χ0) is 12.7. The molecule has 5 heteroatoms. The van der Waals surface area contributed by atoms with E-state index < -0.39 is 0 Å². The highest BCUT2D eigenvalue weighted by atomic mass is 16.5. The Kier molecular flexibility index (Phi) is 5.86. The lowest BCUT2D eigenvalue weighted by molar-refractivity contribution is 0.203. The monoisotopic (exact) mass is 238 g/mol. The molecule has 0 aliphatic rings. The van der Waals surface area contributed by atoms with E-state index in [1.807, 2.05) is 0 Å². The van der Waals surface area contributed by atoms with Gasteiger partial charge in [-0.3, -0.25) is 4.98 Å². The number of anilines is 1. The van der Waals surface area contributed by atoms with Gasteiger partial charge in [0, 0.05) is 32.4 Å². The van der Waals surface area contributed by atoms with Crippen LogP contribution in [0.5, 0.6) is 0 Å². The molecule has 0 aliphatic carbocycles. The first-order chi connectivity index (χ1) is 8.22. The maximum Gasteiger partial charge on any atom is 0.147 e. The summed E-state index contributed by atoms with van der Waals surface area (Å²) in [4.78, 5) is 10.9. The molecule has 17 heavy (non-hydrogen) atoms. The summed E-state index contributed by atoms with van der Waals surface area (Å²) in [5, 5.41) is 0. The number of nitrogens with zero attached hydrogens (tertiary/aromatic N) is 3. The summed E-state index contributed by atoms with van der Waals surface area (Å²) >= 11 is 0. The van der Waals surface area contributed by atoms with Crippen LogP contribution in [-0.2, 0) is 11.3 Å². The third-order valence-electron chi connectivity index (χ3n) is 2.83. The van der Waals surface area contributed by atoms with Crippen LogP contribution in [0.1, 0.15) is 26.0 Å². The summed E-state index contributed by atoms with van der Waals surface area (Å²) in [6, 6.07) is 0.410. The zero-order valence-electron chi connectivity index (χ0n) is 10.9. The molecule has 0 saturated heterocycles. The Hall–Kier alpha value is -1.20. The Labute approximate surface area is 103 Å². The van der Waals surface area contributed by atoms with E-state index in [0.717, 1.165) is 24.5 Å². The van der Waals surface area contributed by atoms with E-state index in [1.54, 1.807) is 19.5 Å². The molecule has 0 aliphatic heterocycles. The minimum Gasteiger partial charge on any atom is -0.383 e. The van der Waals surface area contributed by atoms with Crippen LogP contribution in [0.3, 0.4) is 0 Å². The van der Waals surface area contributed by atoms with Crippen LogP contribution in [0.4, 0.5) is 5.82 Å². The normalized spacial score (nSPS) is 12.5. The highest BCUT2D eigenvalue weighted by molar-refractivity contribution is 5.37. The number of ether oxygens (including phenoxy) is 1. The molecule has 1 rings (SSSR count). The van der Waals surface area contributed by atoms with E-state index in [9.17, 15) is 0 Å². The minimum atomic E-state index is 0.410. The molecular formula is C12H22N4O. The minimum absolute atomic E-state index is 0.410. The van der Waals surface area contributed by atoms with E-state index in [1.165, 1.54) is 0 Å². The van der Waals surface area contributed by atoms with Crippen molar-refractivity contribution < 1.29 is 4.74 Å². The van der Waals surface area contributed by atoms with Crippen molar-refractivity contribution in [1.29, 1.82) is 0 Å². The van der Waals surface area contributed by atoms with Crippen LogP contribution < -0.4 is 10.6 Å². The van der Waals surface area contributed by atoms with Gasteiger partial charge in [0.1, 0.15) is 5.82 Å². The van der Waals surface area contributed by atoms with Crippen molar-refractivity contribution in [3.8, 4) is 0 Å². The van der Waals surface area contributed by atoms with Crippen molar-refractivity contribution >= 4 is 5.82 Å². The van der Waals surface area contributed by atoms with Crippen LogP contribution in [-0.4, -0.2) is 36.3 Å². The molecule has 0 spiro atoms. The molecule has 0 bridgehead atoms. The summed E-state index contributed by atoms with van der Waals surface area (Å²) in [5.74, 6) is 0.874. The summed E-state index contributed by atoms with van der Waals surface area (Å²) in [6.45, 7) is 6.24. The lowest BCUT2D eigenvalue weighted by Crippen LogP contribution is -2.36. The second kappa shape index (κ2) is 7.19. The molecule has 0 saturated carbocycles. The summed E-state index contributed by atoms with van der Waals surface area (Å²) in [6.07, 6.45) is 4.54. The fourth-order valence-electron chi connectivity index (χ4n) is 1.60. The van der Waals surface area contributed by atoms with E-state index in [0.29, 0.717) is 19.2 Å². The Morgan fingerprint density at radius 3 is 2.82 bits per heavy atom. The second-order valence-corrected chi connectivity index (χ2v) is 4.02. The fraction of sp³-hybridized carbons (Fsp3) is 0.667. The van der Waals surface area contributed by atoms with Gasteiger partial charge >= 0.3 is 0 Å². The molecule has 96 valence electrons. The van der Waals surface area contributed by atoms with Gasteiger partial charge in [-0.25, -0.2) is 4.98 Å². The van der Waals surface area contributed by atoms with Crippen LogP contribution in [0.2, 0.25) is 0 Å². The van der Waals surface area contributed by atoms with Gasteiger partial charge in [-0.15, -0.1) is 0 Å². The van der Waals surface area contributed by atoms with Crippen molar-refractivity contribution in [2.24, 2.45) is 5.73 Å². The Morgan fingerprint density at radius 2 is 2.24 bits per heavy atom. The summed E-state index contributed by atoms with van der Waals surface area (Å²) < 4.78 is 5.13. The average Bonchev–Trinajstić information content (AvgIpc) is 2.39. The molecule has 0 amide bonds. The van der Waals surface area contributed by atoms with Crippen LogP contribution in [0.15, 0.2) is 12.4 Å². The number of hydrogen-bond donors (Lipinski definition) is 1. The topological polar surface area (TPSA) is 64.3 Å². The molecule has 1 heterocycles. The van der Waals surface area contributed by atoms with Crippen molar-refractivity contribution in [3.05, 3.63) is 18.1 Å². The zero-order valence-corrected chi connectivity index (χ0v) is 10.9. The van der Waals surface area contributed by atoms with Crippen molar-refractivity contribution in [2.75, 3.05) is 25.2 Å². The predicted octanol–water partition coefficient (Wildman–Crippen LogP) is 1.19. The standard InChI is InChI=1S/C12H22N4O/c1-4-10(2)16(5-6-17-3)12-9-14-8-11(7-13)15-12/h8-10H,4-7,13H2,1-3H3. The fourth-order valence-corrected chi connectivity index (χ4v) is 1.60. The molecule has 1 atom stereocenters. The first-order valence-electron chi connectivity index (χ1n) is 5.99. The van der Waals surface area contributed by atoms with Gasteiger partial charge in [-0.1, -0.05) is 6.92 Å². The average molecular weight is 238 g/mol. The Morgan fingerprint density at radius 1 is 1.47 bits per heavy atom. The molecule has 0 aromatic carbocycles. The Bertz CT molecular complexity index is 332. The van der Waals surface area contributed by atoms with Crippen LogP contribution >= 0.6 is 0 Å². The number of hydrogen-bond acceptors (Lipinski definition) is 5. The Balaban J connectivity index is 2.86. The number of aromatic nitrogens is 2. The van der Waals surface area contributed by atoms with Gasteiger partial charge in [-0.05, 0) is 13.3 Å². The third kappa shape index (κ3) is 3.94. The van der Waals surface area contributed by atoms with Gasteiger partial charge < -0.3 is 15.4 Å². The lowest BCUT2D eigenvalue weighted by atomic mass is 10.2. The van der Waals surface area contributed by atoms with Crippen molar-refractivity contribution in [2.45, 2.75) is 32.9 Å². The maximum absolute atomic E-state index is 5.58. The molecule has 5 nitrogen and oxygen atoms in total. The number of nitrogens with two attached hydrogens (primary N) is 1. The summed E-state index contributed by atoms with van der Waals surface area (Å²) in [7, 11) is 1.71. The molecule has 2 N–H and O–H groups in total. The van der Waals surface area contributed by atoms with Gasteiger partial charge in [0.2, 0.25) is 0 Å². The molecule has 0 radical (unpaired) electrons. The van der Waals surface area contributed by atoms with E-state index in [-0.39, 0.29) is 0 Å². The predicted molar refractivity (Wildman–Crippen MR) is 68.9 cm³/mol. The quantitative estimate of drug-likeness (QED) is 0.773. The van der Waals surface area contributed by atoms with E-state index in [2.05, 4.69) is 28.7 Å². The first-order valence-corrected chi connectivity index (χ1v) is 5.99. The van der Waals surface area contributed by atoms with Crippen LogP contribution in [0, 0.1) is 0 Å². The number of methoxy groups -OCH3 is 1. The van der Waals surface area contributed by atoms with Crippen molar-refractivity contribution in [3.63, 3.8) is 0 Å². The second-order valence-electron chi connectivity index (χ2n) is 4.02. The molecule has 1 unspecified atom stereocenters. The SMILES string of the molecule is CCC(C)N(CCOC)c1cncc(CN)n1.